The molecule has 1 unspecified atom stereocenters. The Hall–Kier alpha value is -0.820. The van der Waals surface area contributed by atoms with E-state index in [1.807, 2.05) is 19.1 Å². The van der Waals surface area contributed by atoms with E-state index < -0.39 is 6.10 Å². The van der Waals surface area contributed by atoms with Crippen LogP contribution in [0.4, 0.5) is 0 Å². The Bertz CT molecular complexity index is 428. The van der Waals surface area contributed by atoms with Crippen LogP contribution in [-0.4, -0.2) is 42.7 Å². The van der Waals surface area contributed by atoms with Crippen molar-refractivity contribution in [1.82, 2.24) is 5.32 Å². The van der Waals surface area contributed by atoms with Crippen molar-refractivity contribution in [1.29, 1.82) is 0 Å². The van der Waals surface area contributed by atoms with Crippen LogP contribution in [0.25, 0.3) is 0 Å². The van der Waals surface area contributed by atoms with Crippen LogP contribution in [0.1, 0.15) is 25.8 Å². The van der Waals surface area contributed by atoms with Gasteiger partial charge in [-0.1, -0.05) is 6.92 Å². The summed E-state index contributed by atoms with van der Waals surface area (Å²) in [5.74, 6) is 1.17. The normalized spacial score (nSPS) is 12.2. The number of aliphatic hydroxyl groups is 2. The number of halogens is 1. The van der Waals surface area contributed by atoms with Crippen LogP contribution in [-0.2, 0) is 6.54 Å². The third-order valence-electron chi connectivity index (χ3n) is 2.76. The van der Waals surface area contributed by atoms with Crippen LogP contribution in [0.3, 0.4) is 0 Å². The maximum absolute atomic E-state index is 9.39. The molecule has 0 radical (unpaired) electrons. The summed E-state index contributed by atoms with van der Waals surface area (Å²) in [5.41, 5.74) is 1.09. The van der Waals surface area contributed by atoms with E-state index >= 15 is 0 Å². The quantitative estimate of drug-likeness (QED) is 0.556. The van der Waals surface area contributed by atoms with E-state index in [4.69, 9.17) is 14.6 Å². The smallest absolute Gasteiger partial charge is 0.175 e. The molecular weight excluding hydrogens is 338 g/mol. The van der Waals surface area contributed by atoms with Crippen LogP contribution in [0.2, 0.25) is 0 Å². The summed E-state index contributed by atoms with van der Waals surface area (Å²) in [7, 11) is 0. The highest BCUT2D eigenvalue weighted by molar-refractivity contribution is 9.10. The van der Waals surface area contributed by atoms with E-state index in [9.17, 15) is 5.11 Å². The molecule has 5 nitrogen and oxygen atoms in total. The molecule has 6 heteroatoms. The van der Waals surface area contributed by atoms with E-state index in [0.29, 0.717) is 18.1 Å². The lowest BCUT2D eigenvalue weighted by molar-refractivity contribution is 0.0522. The fraction of sp³-hybridized carbons (Fsp3) is 0.600. The molecule has 3 N–H and O–H groups in total. The summed E-state index contributed by atoms with van der Waals surface area (Å²) in [6.07, 6.45) is 0.178. The van der Waals surface area contributed by atoms with E-state index in [-0.39, 0.29) is 13.2 Å². The molecule has 0 amide bonds. The number of benzene rings is 1. The van der Waals surface area contributed by atoms with Crippen molar-refractivity contribution in [3.63, 3.8) is 0 Å². The number of nitrogens with one attached hydrogen (secondary N) is 1. The first kappa shape index (κ1) is 18.2. The van der Waals surface area contributed by atoms with Crippen molar-refractivity contribution < 1.29 is 19.7 Å². The number of rotatable bonds is 10. The molecule has 0 aliphatic carbocycles. The third kappa shape index (κ3) is 6.22. The van der Waals surface area contributed by atoms with Gasteiger partial charge in [0, 0.05) is 6.54 Å². The molecule has 0 saturated carbocycles. The monoisotopic (exact) mass is 361 g/mol. The van der Waals surface area contributed by atoms with Crippen molar-refractivity contribution in [2.45, 2.75) is 32.9 Å². The minimum Gasteiger partial charge on any atom is -0.490 e. The molecule has 120 valence electrons. The Morgan fingerprint density at radius 2 is 2.05 bits per heavy atom. The molecule has 1 atom stereocenters. The fourth-order valence-electron chi connectivity index (χ4n) is 1.77. The average Bonchev–Trinajstić information content (AvgIpc) is 2.46. The van der Waals surface area contributed by atoms with Crippen molar-refractivity contribution in [2.75, 3.05) is 26.4 Å². The topological polar surface area (TPSA) is 71.0 Å². The first-order valence-electron chi connectivity index (χ1n) is 7.20. The minimum absolute atomic E-state index is 0.0165. The lowest BCUT2D eigenvalue weighted by atomic mass is 10.2. The molecule has 0 aliphatic heterocycles. The van der Waals surface area contributed by atoms with Gasteiger partial charge in [-0.3, -0.25) is 0 Å². The highest BCUT2D eigenvalue weighted by Gasteiger charge is 2.14. The Morgan fingerprint density at radius 1 is 1.29 bits per heavy atom. The van der Waals surface area contributed by atoms with Crippen LogP contribution in [0.5, 0.6) is 11.5 Å². The standard InChI is InChI=1S/C15H24BrNO4/c1-3-5-17-8-11-6-13(16)15(14(7-11)20-4-2)21-10-12(19)9-18/h6-7,12,17-19H,3-5,8-10H2,1-2H3. The SMILES string of the molecule is CCCNCc1cc(Br)c(OCC(O)CO)c(OCC)c1. The van der Waals surface area contributed by atoms with E-state index in [0.717, 1.165) is 29.5 Å². The van der Waals surface area contributed by atoms with E-state index in [1.54, 1.807) is 0 Å². The summed E-state index contributed by atoms with van der Waals surface area (Å²) in [4.78, 5) is 0. The number of hydrogen-bond donors (Lipinski definition) is 3. The zero-order valence-electron chi connectivity index (χ0n) is 12.6. The largest absolute Gasteiger partial charge is 0.490 e. The number of aliphatic hydroxyl groups excluding tert-OH is 2. The summed E-state index contributed by atoms with van der Waals surface area (Å²) in [6.45, 7) is 5.95. The van der Waals surface area contributed by atoms with Crippen LogP contribution in [0, 0.1) is 0 Å². The van der Waals surface area contributed by atoms with E-state index in [2.05, 4.69) is 28.2 Å². The third-order valence-corrected chi connectivity index (χ3v) is 3.34. The molecule has 0 fully saturated rings. The van der Waals surface area contributed by atoms with Gasteiger partial charge >= 0.3 is 0 Å². The van der Waals surface area contributed by atoms with Gasteiger partial charge in [-0.05, 0) is 53.5 Å². The van der Waals surface area contributed by atoms with Gasteiger partial charge in [0.25, 0.3) is 0 Å². The van der Waals surface area contributed by atoms with E-state index in [1.165, 1.54) is 0 Å². The molecular formula is C15H24BrNO4. The first-order chi connectivity index (χ1) is 10.1. The molecule has 21 heavy (non-hydrogen) atoms. The Labute approximate surface area is 134 Å². The van der Waals surface area contributed by atoms with Gasteiger partial charge in [0.1, 0.15) is 12.7 Å². The highest BCUT2D eigenvalue weighted by Crippen LogP contribution is 2.37. The molecule has 0 aromatic heterocycles. The summed E-state index contributed by atoms with van der Waals surface area (Å²) in [5, 5.41) is 21.6. The molecule has 1 aromatic rings. The molecule has 0 saturated heterocycles. The van der Waals surface area contributed by atoms with Gasteiger partial charge in [0.15, 0.2) is 11.5 Å². The Kier molecular flexibility index (Phi) is 8.68. The molecule has 0 bridgehead atoms. The molecule has 1 aromatic carbocycles. The van der Waals surface area contributed by atoms with Crippen LogP contribution in [0.15, 0.2) is 16.6 Å². The summed E-state index contributed by atoms with van der Waals surface area (Å²) >= 11 is 3.47. The van der Waals surface area contributed by atoms with Crippen LogP contribution < -0.4 is 14.8 Å². The molecule has 1 rings (SSSR count). The second-order valence-electron chi connectivity index (χ2n) is 4.66. The average molecular weight is 362 g/mol. The van der Waals surface area contributed by atoms with Gasteiger partial charge < -0.3 is 25.0 Å². The van der Waals surface area contributed by atoms with Crippen LogP contribution >= 0.6 is 15.9 Å². The molecule has 0 heterocycles. The summed E-state index contributed by atoms with van der Waals surface area (Å²) in [6, 6.07) is 3.89. The second-order valence-corrected chi connectivity index (χ2v) is 5.52. The van der Waals surface area contributed by atoms with Gasteiger partial charge in [-0.25, -0.2) is 0 Å². The highest BCUT2D eigenvalue weighted by atomic mass is 79.9. The Balaban J connectivity index is 2.85. The lowest BCUT2D eigenvalue weighted by Crippen LogP contribution is -2.21. The predicted molar refractivity (Wildman–Crippen MR) is 85.9 cm³/mol. The first-order valence-corrected chi connectivity index (χ1v) is 7.99. The van der Waals surface area contributed by atoms with Crippen molar-refractivity contribution >= 4 is 15.9 Å². The van der Waals surface area contributed by atoms with Gasteiger partial charge in [0.2, 0.25) is 0 Å². The van der Waals surface area contributed by atoms with Crippen molar-refractivity contribution in [3.05, 3.63) is 22.2 Å². The maximum atomic E-state index is 9.39. The Morgan fingerprint density at radius 3 is 2.67 bits per heavy atom. The molecule has 0 aliphatic rings. The predicted octanol–water partition coefficient (Wildman–Crippen LogP) is 2.08. The van der Waals surface area contributed by atoms with Gasteiger partial charge in [0.05, 0.1) is 17.7 Å². The number of hydrogen-bond acceptors (Lipinski definition) is 5. The summed E-state index contributed by atoms with van der Waals surface area (Å²) < 4.78 is 11.9. The zero-order valence-corrected chi connectivity index (χ0v) is 14.1. The minimum atomic E-state index is -0.905. The number of ether oxygens (including phenoxy) is 2. The molecule has 0 spiro atoms. The zero-order chi connectivity index (χ0) is 15.7. The lowest BCUT2D eigenvalue weighted by Gasteiger charge is -2.17. The van der Waals surface area contributed by atoms with Crippen molar-refractivity contribution in [3.8, 4) is 11.5 Å². The second kappa shape index (κ2) is 10.00. The maximum Gasteiger partial charge on any atom is 0.175 e. The van der Waals surface area contributed by atoms with Gasteiger partial charge in [-0.15, -0.1) is 0 Å². The fourth-order valence-corrected chi connectivity index (χ4v) is 2.37. The van der Waals surface area contributed by atoms with Gasteiger partial charge in [-0.2, -0.15) is 0 Å². The van der Waals surface area contributed by atoms with Crippen molar-refractivity contribution in [2.24, 2.45) is 0 Å².